The van der Waals surface area contributed by atoms with E-state index in [1.165, 1.54) is 64.4 Å². The van der Waals surface area contributed by atoms with Gasteiger partial charge in [-0.1, -0.05) is 98.8 Å². The first-order chi connectivity index (χ1) is 26.4. The third-order valence-corrected chi connectivity index (χ3v) is 15.0. The first kappa shape index (κ1) is 39.9. The van der Waals surface area contributed by atoms with E-state index in [0.717, 1.165) is 50.7 Å². The molecule has 3 aromatic heterocycles. The fourth-order valence-electron chi connectivity index (χ4n) is 8.28. The summed E-state index contributed by atoms with van der Waals surface area (Å²) in [5.74, 6) is 7.42. The Balaban J connectivity index is 0.000000195. The number of hydrogen-bond acceptors (Lipinski definition) is 3. The van der Waals surface area contributed by atoms with Crippen LogP contribution in [-0.2, 0) is 39.4 Å². The molecule has 0 saturated carbocycles. The van der Waals surface area contributed by atoms with E-state index < -0.39 is 13.3 Å². The Kier molecular flexibility index (Phi) is 11.6. The van der Waals surface area contributed by atoms with Crippen molar-refractivity contribution >= 4 is 50.4 Å². The molecule has 0 atom stereocenters. The van der Waals surface area contributed by atoms with Crippen molar-refractivity contribution in [3.05, 3.63) is 150 Å². The number of benzene rings is 5. The monoisotopic (exact) mass is 973 g/mol. The van der Waals surface area contributed by atoms with Crippen LogP contribution in [0.15, 0.2) is 120 Å². The summed E-state index contributed by atoms with van der Waals surface area (Å²) in [6.45, 7) is 8.87. The number of rotatable bonds is 5. The van der Waals surface area contributed by atoms with Crippen LogP contribution in [0, 0.1) is 24.5 Å². The Labute approximate surface area is 348 Å². The van der Waals surface area contributed by atoms with E-state index >= 15 is 0 Å². The zero-order valence-corrected chi connectivity index (χ0v) is 38.1. The number of fused-ring (bicyclic) bond motifs is 5. The van der Waals surface area contributed by atoms with Crippen molar-refractivity contribution in [3.8, 4) is 33.6 Å². The molecule has 3 nitrogen and oxygen atoms in total. The van der Waals surface area contributed by atoms with Crippen LogP contribution >= 0.6 is 0 Å². The quantitative estimate of drug-likeness (QED) is 0.127. The molecule has 0 fully saturated rings. The van der Waals surface area contributed by atoms with Crippen molar-refractivity contribution in [3.63, 3.8) is 0 Å². The van der Waals surface area contributed by atoms with Crippen molar-refractivity contribution in [2.75, 3.05) is 0 Å². The van der Waals surface area contributed by atoms with Crippen LogP contribution in [-0.4, -0.2) is 23.2 Å². The second-order valence-electron chi connectivity index (χ2n) is 17.4. The molecule has 8 aromatic rings. The van der Waals surface area contributed by atoms with Gasteiger partial charge in [0.1, 0.15) is 5.58 Å². The molecule has 9 rings (SSSR count). The minimum absolute atomic E-state index is 0. The van der Waals surface area contributed by atoms with Gasteiger partial charge in [0.25, 0.3) is 0 Å². The van der Waals surface area contributed by atoms with E-state index in [4.69, 9.17) is 14.4 Å². The molecule has 0 spiro atoms. The van der Waals surface area contributed by atoms with Crippen LogP contribution < -0.4 is 4.40 Å². The minimum atomic E-state index is -1.83. The fraction of sp³-hybridized carbons (Fsp3) is 0.255. The third-order valence-electron chi connectivity index (χ3n) is 10.7. The molecule has 1 radical (unpaired) electrons. The number of hydrogen-bond donors (Lipinski definition) is 0. The van der Waals surface area contributed by atoms with Crippen molar-refractivity contribution < 1.29 is 24.5 Å². The standard InChI is InChI=1S/C33H28NO.C18H22GeN.Ir/c1-21-16-28-27-19-24(26-11-7-9-23-8-5-6-10-25(23)26)12-13-31(27)35-32(28)29(17-21)30-18-22(14-15-34-30)20-33(2,3)4;1-19(2,3)17-13-20-18(14-9-5-4-6-10-14)16-12-8-7-11-15(16)17;/h5-16,18-19H,20H2,1-4H3;4-6,9,13H,7-8,11-12H2,1-3H3;/q2*-1;. The third kappa shape index (κ3) is 8.35. The predicted octanol–water partition coefficient (Wildman–Crippen LogP) is 13.1. The number of furan rings is 1. The average molecular weight is 972 g/mol. The Morgan fingerprint density at radius 1 is 0.768 bits per heavy atom. The summed E-state index contributed by atoms with van der Waals surface area (Å²) in [5, 5.41) is 4.73. The SMILES string of the molecule is Cc1[c-]c(-c2cc(CC(C)(C)C)ccn2)c2oc3ccc(-c4cccc5ccccc45)cc3c2c1.[CH3][Ge]([CH3])([CH3])[c]1cnc(-c2[c-]cccc2)c2c1CCCC2.[Ir]. The summed E-state index contributed by atoms with van der Waals surface area (Å²) >= 11 is -1.83. The molecule has 0 amide bonds. The molecular formula is C51H50GeIrN2O-2. The molecule has 0 saturated heterocycles. The van der Waals surface area contributed by atoms with Gasteiger partial charge in [-0.05, 0) is 57.6 Å². The Bertz CT molecular complexity index is 2660. The fourth-order valence-corrected chi connectivity index (χ4v) is 11.7. The van der Waals surface area contributed by atoms with Gasteiger partial charge in [-0.3, -0.25) is 0 Å². The predicted molar refractivity (Wildman–Crippen MR) is 235 cm³/mol. The first-order valence-corrected chi connectivity index (χ1v) is 27.1. The van der Waals surface area contributed by atoms with Gasteiger partial charge in [0.05, 0.1) is 5.58 Å². The second kappa shape index (κ2) is 16.3. The maximum atomic E-state index is 6.44. The normalized spacial score (nSPS) is 12.9. The Hall–Kier alpha value is -4.35. The maximum absolute atomic E-state index is 6.44. The smallest absolute Gasteiger partial charge is 0 e. The zero-order valence-electron chi connectivity index (χ0n) is 33.6. The molecule has 285 valence electrons. The van der Waals surface area contributed by atoms with E-state index in [1.54, 1.807) is 9.96 Å². The molecule has 5 aromatic carbocycles. The topological polar surface area (TPSA) is 38.9 Å². The number of aromatic nitrogens is 2. The van der Waals surface area contributed by atoms with E-state index in [1.807, 2.05) is 18.3 Å². The summed E-state index contributed by atoms with van der Waals surface area (Å²) in [5.41, 5.74) is 14.0. The number of pyridine rings is 2. The molecule has 0 N–H and O–H groups in total. The largest absolute Gasteiger partial charge is 0 e. The van der Waals surface area contributed by atoms with E-state index in [2.05, 4.69) is 154 Å². The zero-order chi connectivity index (χ0) is 38.3. The molecule has 56 heavy (non-hydrogen) atoms. The molecule has 0 unspecified atom stereocenters. The van der Waals surface area contributed by atoms with Gasteiger partial charge in [0.2, 0.25) is 0 Å². The summed E-state index contributed by atoms with van der Waals surface area (Å²) in [6, 6.07) is 43.1. The molecule has 5 heteroatoms. The van der Waals surface area contributed by atoms with Gasteiger partial charge in [-0.15, -0.1) is 17.7 Å². The van der Waals surface area contributed by atoms with E-state index in [-0.39, 0.29) is 25.5 Å². The minimum Gasteiger partial charge on any atom is 0 e. The van der Waals surface area contributed by atoms with Crippen LogP contribution in [0.5, 0.6) is 0 Å². The van der Waals surface area contributed by atoms with Crippen molar-refractivity contribution in [1.82, 2.24) is 9.97 Å². The van der Waals surface area contributed by atoms with Gasteiger partial charge in [0.15, 0.2) is 0 Å². The Morgan fingerprint density at radius 3 is 2.30 bits per heavy atom. The Morgan fingerprint density at radius 2 is 1.54 bits per heavy atom. The van der Waals surface area contributed by atoms with E-state index in [0.29, 0.717) is 0 Å². The summed E-state index contributed by atoms with van der Waals surface area (Å²) in [7, 11) is 0. The maximum Gasteiger partial charge on any atom is 0 e. The van der Waals surface area contributed by atoms with Crippen molar-refractivity contribution in [2.24, 2.45) is 5.41 Å². The van der Waals surface area contributed by atoms with Gasteiger partial charge in [0, 0.05) is 31.7 Å². The van der Waals surface area contributed by atoms with Gasteiger partial charge in [-0.2, -0.15) is 0 Å². The first-order valence-electron chi connectivity index (χ1n) is 19.7. The molecule has 1 aliphatic rings. The van der Waals surface area contributed by atoms with Crippen molar-refractivity contribution in [1.29, 1.82) is 0 Å². The van der Waals surface area contributed by atoms with Gasteiger partial charge in [-0.25, -0.2) is 0 Å². The molecule has 3 heterocycles. The average Bonchev–Trinajstić information content (AvgIpc) is 3.54. The van der Waals surface area contributed by atoms with Crippen LogP contribution in [0.4, 0.5) is 0 Å². The van der Waals surface area contributed by atoms with Crippen LogP contribution in [0.2, 0.25) is 17.3 Å². The summed E-state index contributed by atoms with van der Waals surface area (Å²) < 4.78 is 8.05. The second-order valence-corrected chi connectivity index (χ2v) is 28.0. The van der Waals surface area contributed by atoms with Crippen LogP contribution in [0.1, 0.15) is 55.9 Å². The van der Waals surface area contributed by atoms with Gasteiger partial charge >= 0.3 is 125 Å². The molecular weight excluding hydrogens is 921 g/mol. The molecule has 1 aliphatic carbocycles. The molecule has 0 bridgehead atoms. The van der Waals surface area contributed by atoms with E-state index in [9.17, 15) is 0 Å². The summed E-state index contributed by atoms with van der Waals surface area (Å²) in [6.07, 6.45) is 10.1. The van der Waals surface area contributed by atoms with Crippen LogP contribution in [0.25, 0.3) is 66.4 Å². The van der Waals surface area contributed by atoms with Gasteiger partial charge < -0.3 is 9.40 Å². The molecule has 0 aliphatic heterocycles. The van der Waals surface area contributed by atoms with Crippen LogP contribution in [0.3, 0.4) is 0 Å². The number of aryl methyl sites for hydroxylation is 1. The van der Waals surface area contributed by atoms with Crippen molar-refractivity contribution in [2.45, 2.75) is 77.1 Å². The number of nitrogens with zero attached hydrogens (tertiary/aromatic N) is 2. The summed E-state index contributed by atoms with van der Waals surface area (Å²) in [4.78, 5) is 9.55.